The van der Waals surface area contributed by atoms with Gasteiger partial charge in [-0.25, -0.2) is 18.2 Å². The van der Waals surface area contributed by atoms with Crippen molar-refractivity contribution in [1.82, 2.24) is 19.4 Å². The Morgan fingerprint density at radius 1 is 1.04 bits per heavy atom. The first-order valence-electron chi connectivity index (χ1n) is 15.9. The summed E-state index contributed by atoms with van der Waals surface area (Å²) in [6, 6.07) is 0.232. The van der Waals surface area contributed by atoms with Gasteiger partial charge >= 0.3 is 12.1 Å². The van der Waals surface area contributed by atoms with E-state index in [1.807, 2.05) is 0 Å². The molecule has 14 heteroatoms. The topological polar surface area (TPSA) is 106 Å². The smallest absolute Gasteiger partial charge is 0.416 e. The fourth-order valence-electron chi connectivity index (χ4n) is 6.16. The van der Waals surface area contributed by atoms with Gasteiger partial charge in [-0.3, -0.25) is 14.4 Å². The molecule has 2 atom stereocenters. The van der Waals surface area contributed by atoms with Crippen LogP contribution in [0.5, 0.6) is 0 Å². The molecule has 0 saturated carbocycles. The molecule has 51 heavy (non-hydrogen) atoms. The highest BCUT2D eigenvalue weighted by molar-refractivity contribution is 5.83. The van der Waals surface area contributed by atoms with Gasteiger partial charge in [-0.1, -0.05) is 19.8 Å². The van der Waals surface area contributed by atoms with Crippen molar-refractivity contribution < 1.29 is 41.0 Å². The minimum Gasteiger partial charge on any atom is -0.481 e. The zero-order chi connectivity index (χ0) is 37.8. The highest BCUT2D eigenvalue weighted by Gasteiger charge is 2.36. The highest BCUT2D eigenvalue weighted by atomic mass is 19.4. The van der Waals surface area contributed by atoms with Crippen LogP contribution in [0.2, 0.25) is 0 Å². The lowest BCUT2D eigenvalue weighted by Gasteiger charge is -2.27. The van der Waals surface area contributed by atoms with E-state index in [0.29, 0.717) is 6.07 Å². The van der Waals surface area contributed by atoms with Crippen molar-refractivity contribution >= 4 is 11.9 Å². The van der Waals surface area contributed by atoms with Crippen LogP contribution in [-0.2, 0) is 28.7 Å². The van der Waals surface area contributed by atoms with Crippen LogP contribution in [0.1, 0.15) is 79.1 Å². The second-order valence-corrected chi connectivity index (χ2v) is 12.6. The van der Waals surface area contributed by atoms with Gasteiger partial charge in [0.2, 0.25) is 5.91 Å². The Morgan fingerprint density at radius 3 is 2.25 bits per heavy atom. The van der Waals surface area contributed by atoms with Gasteiger partial charge in [0, 0.05) is 47.9 Å². The molecular formula is C37H36F6N4O4. The maximum Gasteiger partial charge on any atom is 0.416 e. The first-order chi connectivity index (χ1) is 23.9. The quantitative estimate of drug-likeness (QED) is 0.118. The van der Waals surface area contributed by atoms with E-state index in [1.54, 1.807) is 20.0 Å². The van der Waals surface area contributed by atoms with Crippen LogP contribution in [0.15, 0.2) is 54.0 Å². The molecule has 0 fully saturated rings. The predicted molar refractivity (Wildman–Crippen MR) is 177 cm³/mol. The van der Waals surface area contributed by atoms with Crippen LogP contribution < -0.4 is 10.9 Å². The van der Waals surface area contributed by atoms with Gasteiger partial charge in [-0.05, 0) is 80.0 Å². The van der Waals surface area contributed by atoms with E-state index in [1.165, 1.54) is 37.9 Å². The maximum absolute atomic E-state index is 16.7. The van der Waals surface area contributed by atoms with Gasteiger partial charge in [-0.2, -0.15) is 13.2 Å². The molecule has 0 radical (unpaired) electrons. The Balaban J connectivity index is 1.86. The summed E-state index contributed by atoms with van der Waals surface area (Å²) in [5.41, 5.74) is -3.05. The number of amides is 1. The van der Waals surface area contributed by atoms with Gasteiger partial charge in [0.1, 0.15) is 23.5 Å². The number of aryl methyl sites for hydroxylation is 4. The number of nitrogens with one attached hydrogen (secondary N) is 1. The summed E-state index contributed by atoms with van der Waals surface area (Å²) in [7, 11) is 0. The average Bonchev–Trinajstić information content (AvgIpc) is 3.53. The molecule has 0 aliphatic rings. The summed E-state index contributed by atoms with van der Waals surface area (Å²) < 4.78 is 91.3. The Kier molecular flexibility index (Phi) is 11.8. The zero-order valence-corrected chi connectivity index (χ0v) is 28.5. The number of hydrogen-bond donors (Lipinski definition) is 2. The number of aromatic nitrogens is 3. The number of benzene rings is 2. The molecule has 2 heterocycles. The molecule has 2 aromatic heterocycles. The summed E-state index contributed by atoms with van der Waals surface area (Å²) in [4.78, 5) is 43.2. The SMILES string of the molecule is CC#Cc1cc(F)c([C@@H](CC(=O)O)NC(=O)[C@H](CC(C)C)n2cc(CCn3ccnc3)c(C(F)(F)F)cc2=O)c(F)c1-c1c(C)cc(F)cc1C. The van der Waals surface area contributed by atoms with Crippen molar-refractivity contribution in [1.29, 1.82) is 0 Å². The number of aliphatic carboxylic acids is 1. The average molecular weight is 715 g/mol. The highest BCUT2D eigenvalue weighted by Crippen LogP contribution is 2.38. The lowest BCUT2D eigenvalue weighted by Crippen LogP contribution is -2.41. The number of imidazole rings is 1. The third kappa shape index (κ3) is 8.89. The number of halogens is 6. The molecule has 0 aliphatic heterocycles. The molecular weight excluding hydrogens is 678 g/mol. The van der Waals surface area contributed by atoms with Crippen molar-refractivity contribution in [2.45, 2.75) is 78.7 Å². The molecule has 270 valence electrons. The zero-order valence-electron chi connectivity index (χ0n) is 28.5. The third-order valence-electron chi connectivity index (χ3n) is 8.30. The summed E-state index contributed by atoms with van der Waals surface area (Å²) >= 11 is 0. The second kappa shape index (κ2) is 15.7. The number of pyridine rings is 1. The molecule has 0 unspecified atom stereocenters. The summed E-state index contributed by atoms with van der Waals surface area (Å²) in [5.74, 6) is -0.784. The van der Waals surface area contributed by atoms with E-state index < -0.39 is 70.7 Å². The summed E-state index contributed by atoms with van der Waals surface area (Å²) in [6.07, 6.45) is -0.860. The van der Waals surface area contributed by atoms with E-state index in [-0.39, 0.29) is 58.7 Å². The number of carboxylic acid groups (broad SMARTS) is 1. The molecule has 0 saturated heterocycles. The van der Waals surface area contributed by atoms with Gasteiger partial charge in [0.15, 0.2) is 0 Å². The van der Waals surface area contributed by atoms with E-state index >= 15 is 8.78 Å². The number of hydrogen-bond acceptors (Lipinski definition) is 4. The number of carboxylic acids is 1. The van der Waals surface area contributed by atoms with Crippen LogP contribution >= 0.6 is 0 Å². The maximum atomic E-state index is 16.7. The molecule has 2 aromatic carbocycles. The molecule has 0 bridgehead atoms. The van der Waals surface area contributed by atoms with Gasteiger partial charge in [-0.15, -0.1) is 5.92 Å². The lowest BCUT2D eigenvalue weighted by atomic mass is 9.88. The van der Waals surface area contributed by atoms with Gasteiger partial charge in [0.25, 0.3) is 5.56 Å². The van der Waals surface area contributed by atoms with E-state index in [0.717, 1.165) is 29.0 Å². The molecule has 4 aromatic rings. The fourth-order valence-corrected chi connectivity index (χ4v) is 6.16. The normalized spacial score (nSPS) is 12.7. The number of carbonyl (C=O) groups excluding carboxylic acids is 1. The Hall–Kier alpha value is -5.32. The largest absolute Gasteiger partial charge is 0.481 e. The summed E-state index contributed by atoms with van der Waals surface area (Å²) in [5, 5.41) is 12.2. The summed E-state index contributed by atoms with van der Waals surface area (Å²) in [6.45, 7) is 7.90. The number of rotatable bonds is 12. The molecule has 0 spiro atoms. The monoisotopic (exact) mass is 714 g/mol. The van der Waals surface area contributed by atoms with Crippen molar-refractivity contribution in [2.24, 2.45) is 5.92 Å². The Bertz CT molecular complexity index is 2040. The van der Waals surface area contributed by atoms with E-state index in [4.69, 9.17) is 0 Å². The molecule has 4 rings (SSSR count). The first-order valence-corrected chi connectivity index (χ1v) is 15.9. The Morgan fingerprint density at radius 2 is 1.71 bits per heavy atom. The van der Waals surface area contributed by atoms with Crippen molar-refractivity contribution in [3.8, 4) is 23.0 Å². The van der Waals surface area contributed by atoms with Crippen LogP contribution in [-0.4, -0.2) is 31.1 Å². The van der Waals surface area contributed by atoms with Gasteiger partial charge < -0.3 is 19.6 Å². The Labute approximate surface area is 290 Å². The first kappa shape index (κ1) is 38.5. The van der Waals surface area contributed by atoms with E-state index in [9.17, 15) is 37.1 Å². The number of nitrogens with zero attached hydrogens (tertiary/aromatic N) is 3. The molecule has 8 nitrogen and oxygen atoms in total. The third-order valence-corrected chi connectivity index (χ3v) is 8.30. The number of alkyl halides is 3. The minimum absolute atomic E-state index is 0.0648. The van der Waals surface area contributed by atoms with Crippen LogP contribution in [0.4, 0.5) is 26.3 Å². The predicted octanol–water partition coefficient (Wildman–Crippen LogP) is 7.30. The van der Waals surface area contributed by atoms with Gasteiger partial charge in [0.05, 0.1) is 24.4 Å². The van der Waals surface area contributed by atoms with Crippen LogP contribution in [0.25, 0.3) is 11.1 Å². The number of carbonyl (C=O) groups is 2. The van der Waals surface area contributed by atoms with Crippen LogP contribution in [0.3, 0.4) is 0 Å². The van der Waals surface area contributed by atoms with Crippen molar-refractivity contribution in [3.05, 3.63) is 110 Å². The van der Waals surface area contributed by atoms with Crippen molar-refractivity contribution in [3.63, 3.8) is 0 Å². The fraction of sp³-hybridized carbons (Fsp3) is 0.351. The molecule has 2 N–H and O–H groups in total. The standard InChI is InChI=1S/C37H36F6N4O4/c1-6-7-23-15-27(39)34(35(40)33(23)32-21(4)13-25(38)14-22(32)5)28(17-31(49)50)45-36(51)29(12-20(2)3)47-18-24(8-10-46-11-9-44-19-46)26(16-30(47)48)37(41,42)43/h9,11,13-16,18-20,28-29H,8,10,12,17H2,1-5H3,(H,45,51)(H,49,50)/t28-,29+/m1/s1. The van der Waals surface area contributed by atoms with Crippen molar-refractivity contribution in [2.75, 3.05) is 0 Å². The molecule has 0 aliphatic carbocycles. The molecule has 1 amide bonds. The lowest BCUT2D eigenvalue weighted by molar-refractivity contribution is -0.139. The minimum atomic E-state index is -4.90. The van der Waals surface area contributed by atoms with Crippen LogP contribution in [0, 0.1) is 49.1 Å². The van der Waals surface area contributed by atoms with E-state index in [2.05, 4.69) is 22.1 Å². The second-order valence-electron chi connectivity index (χ2n) is 12.6.